The summed E-state index contributed by atoms with van der Waals surface area (Å²) in [7, 11) is 4.58. The van der Waals surface area contributed by atoms with E-state index in [-0.39, 0.29) is 17.5 Å². The molecular formula is C26H30N4O4. The summed E-state index contributed by atoms with van der Waals surface area (Å²) < 4.78 is 5.51. The molecule has 0 spiro atoms. The maximum atomic E-state index is 13.5. The van der Waals surface area contributed by atoms with Gasteiger partial charge in [0.2, 0.25) is 0 Å². The predicted molar refractivity (Wildman–Crippen MR) is 130 cm³/mol. The Morgan fingerprint density at radius 2 is 1.82 bits per heavy atom. The van der Waals surface area contributed by atoms with Gasteiger partial charge in [-0.25, -0.2) is 0 Å². The highest BCUT2D eigenvalue weighted by Gasteiger charge is 2.30. The van der Waals surface area contributed by atoms with Crippen molar-refractivity contribution in [3.05, 3.63) is 65.4 Å². The van der Waals surface area contributed by atoms with Gasteiger partial charge in [0.1, 0.15) is 5.75 Å². The summed E-state index contributed by atoms with van der Waals surface area (Å²) in [6.07, 6.45) is 1.51. The van der Waals surface area contributed by atoms with Crippen molar-refractivity contribution in [1.29, 1.82) is 0 Å². The predicted octanol–water partition coefficient (Wildman–Crippen LogP) is 2.79. The number of H-pyrrole nitrogens is 1. The standard InChI is InChI=1S/C26H30N4O4/c1-17-15-30(11-10-29(17)16-18-8-6-5-7-9-18)25(32)20-12-19-21(24(31)26(33)28(2)3)14-27-22(19)13-23(20)34-4/h5-9,12-14,17,27H,10-11,15-16H2,1-4H3. The molecule has 2 aromatic carbocycles. The molecule has 4 rings (SSSR count). The molecule has 8 heteroatoms. The first-order valence-electron chi connectivity index (χ1n) is 11.3. The van der Waals surface area contributed by atoms with E-state index in [9.17, 15) is 14.4 Å². The number of hydrogen-bond acceptors (Lipinski definition) is 5. The van der Waals surface area contributed by atoms with Crippen molar-refractivity contribution in [3.8, 4) is 5.75 Å². The van der Waals surface area contributed by atoms with Crippen molar-refractivity contribution in [3.63, 3.8) is 0 Å². The average Bonchev–Trinajstić information content (AvgIpc) is 3.26. The Morgan fingerprint density at radius 3 is 2.47 bits per heavy atom. The molecule has 1 atom stereocenters. The minimum Gasteiger partial charge on any atom is -0.496 e. The second-order valence-corrected chi connectivity index (χ2v) is 8.89. The number of nitrogens with zero attached hydrogens (tertiary/aromatic N) is 3. The number of ketones is 1. The van der Waals surface area contributed by atoms with E-state index in [1.165, 1.54) is 37.9 Å². The molecule has 2 amide bonds. The monoisotopic (exact) mass is 462 g/mol. The molecule has 1 aliphatic rings. The van der Waals surface area contributed by atoms with Crippen LogP contribution in [0.2, 0.25) is 0 Å². The van der Waals surface area contributed by atoms with Crippen LogP contribution in [0.4, 0.5) is 0 Å². The van der Waals surface area contributed by atoms with Crippen LogP contribution < -0.4 is 4.74 Å². The Morgan fingerprint density at radius 1 is 1.09 bits per heavy atom. The molecule has 1 aliphatic heterocycles. The van der Waals surface area contributed by atoms with Crippen LogP contribution in [-0.2, 0) is 11.3 Å². The number of likely N-dealkylation sites (N-methyl/N-ethyl adjacent to an activating group) is 1. The Hall–Kier alpha value is -3.65. The summed E-state index contributed by atoms with van der Waals surface area (Å²) in [5, 5.41) is 0.528. The van der Waals surface area contributed by atoms with Crippen molar-refractivity contribution < 1.29 is 19.1 Å². The second kappa shape index (κ2) is 9.69. The zero-order valence-corrected chi connectivity index (χ0v) is 20.0. The normalized spacial score (nSPS) is 16.5. The van der Waals surface area contributed by atoms with E-state index in [4.69, 9.17) is 4.74 Å². The molecule has 1 aromatic heterocycles. The molecule has 1 unspecified atom stereocenters. The topological polar surface area (TPSA) is 85.9 Å². The minimum atomic E-state index is -0.622. The number of amides is 2. The molecule has 2 heterocycles. The van der Waals surface area contributed by atoms with Gasteiger partial charge in [-0.15, -0.1) is 0 Å². The van der Waals surface area contributed by atoms with Crippen LogP contribution in [0.1, 0.15) is 33.2 Å². The highest BCUT2D eigenvalue weighted by atomic mass is 16.5. The first-order chi connectivity index (χ1) is 16.3. The minimum absolute atomic E-state index is 0.150. The van der Waals surface area contributed by atoms with Gasteiger partial charge in [-0.2, -0.15) is 0 Å². The van der Waals surface area contributed by atoms with Gasteiger partial charge in [0.05, 0.1) is 18.2 Å². The van der Waals surface area contributed by atoms with Crippen LogP contribution >= 0.6 is 0 Å². The largest absolute Gasteiger partial charge is 0.496 e. The summed E-state index contributed by atoms with van der Waals surface area (Å²) in [5.74, 6) is -0.962. The van der Waals surface area contributed by atoms with Crippen molar-refractivity contribution in [2.24, 2.45) is 0 Å². The summed E-state index contributed by atoms with van der Waals surface area (Å²) in [6, 6.07) is 13.9. The van der Waals surface area contributed by atoms with Gasteiger partial charge < -0.3 is 19.5 Å². The summed E-state index contributed by atoms with van der Waals surface area (Å²) >= 11 is 0. The van der Waals surface area contributed by atoms with Crippen LogP contribution in [0.25, 0.3) is 10.9 Å². The Labute approximate surface area is 199 Å². The highest BCUT2D eigenvalue weighted by molar-refractivity contribution is 6.44. The molecule has 178 valence electrons. The summed E-state index contributed by atoms with van der Waals surface area (Å²) in [4.78, 5) is 46.9. The van der Waals surface area contributed by atoms with Crippen LogP contribution in [-0.4, -0.2) is 84.2 Å². The van der Waals surface area contributed by atoms with E-state index in [1.54, 1.807) is 12.1 Å². The van der Waals surface area contributed by atoms with E-state index >= 15 is 0 Å². The molecule has 34 heavy (non-hydrogen) atoms. The molecule has 1 N–H and O–H groups in total. The van der Waals surface area contributed by atoms with Crippen molar-refractivity contribution >= 4 is 28.5 Å². The van der Waals surface area contributed by atoms with Gasteiger partial charge in [0.25, 0.3) is 17.6 Å². The average molecular weight is 463 g/mol. The van der Waals surface area contributed by atoms with Crippen LogP contribution in [0.5, 0.6) is 5.75 Å². The van der Waals surface area contributed by atoms with E-state index in [2.05, 4.69) is 28.9 Å². The smallest absolute Gasteiger partial charge is 0.294 e. The van der Waals surface area contributed by atoms with Gasteiger partial charge in [0, 0.05) is 69.5 Å². The second-order valence-electron chi connectivity index (χ2n) is 8.89. The number of hydrogen-bond donors (Lipinski definition) is 1. The molecule has 0 aliphatic carbocycles. The number of piperazine rings is 1. The van der Waals surface area contributed by atoms with Gasteiger partial charge in [-0.3, -0.25) is 19.3 Å². The zero-order valence-electron chi connectivity index (χ0n) is 20.0. The maximum absolute atomic E-state index is 13.5. The Kier molecular flexibility index (Phi) is 6.70. The van der Waals surface area contributed by atoms with Crippen LogP contribution in [0.3, 0.4) is 0 Å². The van der Waals surface area contributed by atoms with E-state index < -0.39 is 11.7 Å². The molecule has 3 aromatic rings. The number of fused-ring (bicyclic) bond motifs is 1. The molecule has 0 saturated carbocycles. The SMILES string of the molecule is COc1cc2[nH]cc(C(=O)C(=O)N(C)C)c2cc1C(=O)N1CCN(Cc2ccccc2)C(C)C1. The lowest BCUT2D eigenvalue weighted by molar-refractivity contribution is -0.124. The fourth-order valence-corrected chi connectivity index (χ4v) is 4.39. The number of carbonyl (C=O) groups is 3. The third-order valence-electron chi connectivity index (χ3n) is 6.36. The summed E-state index contributed by atoms with van der Waals surface area (Å²) in [5.41, 5.74) is 2.50. The first kappa shape index (κ1) is 23.5. The number of benzene rings is 2. The van der Waals surface area contributed by atoms with Crippen molar-refractivity contribution in [2.45, 2.75) is 19.5 Å². The van der Waals surface area contributed by atoms with Gasteiger partial charge in [0.15, 0.2) is 0 Å². The Balaban J connectivity index is 1.57. The quantitative estimate of drug-likeness (QED) is 0.450. The van der Waals surface area contributed by atoms with Crippen molar-refractivity contribution in [2.75, 3.05) is 40.8 Å². The van der Waals surface area contributed by atoms with Crippen LogP contribution in [0.15, 0.2) is 48.7 Å². The molecule has 1 saturated heterocycles. The third-order valence-corrected chi connectivity index (χ3v) is 6.36. The molecule has 1 fully saturated rings. The van der Waals surface area contributed by atoms with Gasteiger partial charge in [-0.05, 0) is 18.6 Å². The first-order valence-corrected chi connectivity index (χ1v) is 11.3. The maximum Gasteiger partial charge on any atom is 0.294 e. The van der Waals surface area contributed by atoms with E-state index in [1.807, 2.05) is 23.1 Å². The molecule has 8 nitrogen and oxygen atoms in total. The fourth-order valence-electron chi connectivity index (χ4n) is 4.39. The number of ether oxygens (including phenoxy) is 1. The molecule has 0 bridgehead atoms. The molecule has 0 radical (unpaired) electrons. The number of carbonyl (C=O) groups excluding carboxylic acids is 3. The highest BCUT2D eigenvalue weighted by Crippen LogP contribution is 2.30. The summed E-state index contributed by atoms with van der Waals surface area (Å²) in [6.45, 7) is 4.91. The van der Waals surface area contributed by atoms with Crippen LogP contribution in [0, 0.1) is 0 Å². The van der Waals surface area contributed by atoms with E-state index in [0.29, 0.717) is 35.3 Å². The fraction of sp³-hybridized carbons (Fsp3) is 0.346. The lowest BCUT2D eigenvalue weighted by Crippen LogP contribution is -2.53. The number of methoxy groups -OCH3 is 1. The number of aromatic amines is 1. The van der Waals surface area contributed by atoms with E-state index in [0.717, 1.165) is 13.1 Å². The third kappa shape index (κ3) is 4.54. The lowest BCUT2D eigenvalue weighted by atomic mass is 10.0. The lowest BCUT2D eigenvalue weighted by Gasteiger charge is -2.40. The number of aromatic nitrogens is 1. The van der Waals surface area contributed by atoms with Crippen molar-refractivity contribution in [1.82, 2.24) is 19.7 Å². The number of rotatable bonds is 6. The number of nitrogens with one attached hydrogen (secondary N) is 1. The Bertz CT molecular complexity index is 1220. The zero-order chi connectivity index (χ0) is 24.4. The number of Topliss-reactive ketones (excluding diaryl/α,β-unsaturated/α-hetero) is 1. The van der Waals surface area contributed by atoms with Gasteiger partial charge in [-0.1, -0.05) is 30.3 Å². The van der Waals surface area contributed by atoms with Gasteiger partial charge >= 0.3 is 0 Å². The molecular weight excluding hydrogens is 432 g/mol.